The minimum absolute atomic E-state index is 0.0651. The van der Waals surface area contributed by atoms with Crippen molar-refractivity contribution in [3.63, 3.8) is 0 Å². The minimum atomic E-state index is -3.08. The van der Waals surface area contributed by atoms with Crippen molar-refractivity contribution in [1.82, 2.24) is 5.32 Å². The zero-order valence-corrected chi connectivity index (χ0v) is 13.5. The minimum Gasteiger partial charge on any atom is -0.315 e. The monoisotopic (exact) mass is 310 g/mol. The molecule has 1 unspecified atom stereocenters. The lowest BCUT2D eigenvalue weighted by atomic mass is 10.0. The summed E-state index contributed by atoms with van der Waals surface area (Å²) in [5, 5.41) is 3.28. The standard InChI is InChI=1S/C15H22N2O3S/c1-4-7-16-13(10-21(3,19)20)11-5-6-14-12(8-11)9-15(18)17(14)2/h5-6,8,13,16H,4,7,9-10H2,1-3H3. The maximum atomic E-state index is 11.7. The van der Waals surface area contributed by atoms with Gasteiger partial charge in [-0.15, -0.1) is 0 Å². The number of hydrogen-bond donors (Lipinski definition) is 1. The van der Waals surface area contributed by atoms with Crippen LogP contribution in [0.25, 0.3) is 0 Å². The summed E-state index contributed by atoms with van der Waals surface area (Å²) < 4.78 is 23.2. The molecule has 6 heteroatoms. The lowest BCUT2D eigenvalue weighted by molar-refractivity contribution is -0.117. The third-order valence-electron chi connectivity index (χ3n) is 3.69. The first-order valence-electron chi connectivity index (χ1n) is 7.12. The Morgan fingerprint density at radius 3 is 2.71 bits per heavy atom. The lowest BCUT2D eigenvalue weighted by Crippen LogP contribution is -2.28. The Morgan fingerprint density at radius 2 is 2.10 bits per heavy atom. The van der Waals surface area contributed by atoms with Crippen LogP contribution in [0.15, 0.2) is 18.2 Å². The second kappa shape index (κ2) is 6.15. The molecule has 1 atom stereocenters. The van der Waals surface area contributed by atoms with E-state index in [9.17, 15) is 13.2 Å². The van der Waals surface area contributed by atoms with Crippen molar-refractivity contribution >= 4 is 21.4 Å². The quantitative estimate of drug-likeness (QED) is 0.860. The molecule has 1 aliphatic rings. The van der Waals surface area contributed by atoms with Gasteiger partial charge in [0, 0.05) is 25.0 Å². The van der Waals surface area contributed by atoms with E-state index in [0.29, 0.717) is 6.42 Å². The van der Waals surface area contributed by atoms with Crippen LogP contribution in [-0.2, 0) is 21.1 Å². The highest BCUT2D eigenvalue weighted by molar-refractivity contribution is 7.90. The van der Waals surface area contributed by atoms with Crippen molar-refractivity contribution in [3.05, 3.63) is 29.3 Å². The van der Waals surface area contributed by atoms with Crippen LogP contribution in [0, 0.1) is 0 Å². The molecule has 0 saturated heterocycles. The van der Waals surface area contributed by atoms with E-state index in [2.05, 4.69) is 5.32 Å². The fraction of sp³-hybridized carbons (Fsp3) is 0.533. The highest BCUT2D eigenvalue weighted by Crippen LogP contribution is 2.30. The first kappa shape index (κ1) is 16.0. The molecule has 1 N–H and O–H groups in total. The van der Waals surface area contributed by atoms with Gasteiger partial charge in [-0.2, -0.15) is 0 Å². The van der Waals surface area contributed by atoms with Crippen LogP contribution < -0.4 is 10.2 Å². The number of hydrogen-bond acceptors (Lipinski definition) is 4. The summed E-state index contributed by atoms with van der Waals surface area (Å²) in [7, 11) is -1.32. The molecule has 1 aromatic rings. The lowest BCUT2D eigenvalue weighted by Gasteiger charge is -2.19. The molecule has 0 aromatic heterocycles. The van der Waals surface area contributed by atoms with E-state index in [1.54, 1.807) is 11.9 Å². The summed E-state index contributed by atoms with van der Waals surface area (Å²) in [5.74, 6) is 0.138. The predicted octanol–water partition coefficient (Wildman–Crippen LogP) is 1.29. The molecule has 21 heavy (non-hydrogen) atoms. The van der Waals surface area contributed by atoms with Gasteiger partial charge in [0.25, 0.3) is 0 Å². The van der Waals surface area contributed by atoms with Gasteiger partial charge >= 0.3 is 0 Å². The highest BCUT2D eigenvalue weighted by Gasteiger charge is 2.25. The van der Waals surface area contributed by atoms with Crippen LogP contribution >= 0.6 is 0 Å². The van der Waals surface area contributed by atoms with E-state index in [1.165, 1.54) is 6.26 Å². The van der Waals surface area contributed by atoms with Crippen LogP contribution in [0.4, 0.5) is 5.69 Å². The number of carbonyl (C=O) groups is 1. The Labute approximate surface area is 126 Å². The number of anilines is 1. The highest BCUT2D eigenvalue weighted by atomic mass is 32.2. The first-order valence-corrected chi connectivity index (χ1v) is 9.18. The van der Waals surface area contributed by atoms with Gasteiger partial charge in [-0.25, -0.2) is 8.42 Å². The number of nitrogens with one attached hydrogen (secondary N) is 1. The Morgan fingerprint density at radius 1 is 1.38 bits per heavy atom. The molecule has 0 bridgehead atoms. The van der Waals surface area contributed by atoms with Crippen molar-refractivity contribution in [1.29, 1.82) is 0 Å². The summed E-state index contributed by atoms with van der Waals surface area (Å²) in [5.41, 5.74) is 2.81. The molecule has 0 aliphatic carbocycles. The van der Waals surface area contributed by atoms with Gasteiger partial charge in [0.05, 0.1) is 12.2 Å². The number of likely N-dealkylation sites (N-methyl/N-ethyl adjacent to an activating group) is 1. The van der Waals surface area contributed by atoms with Crippen LogP contribution in [0.2, 0.25) is 0 Å². The predicted molar refractivity (Wildman–Crippen MR) is 84.3 cm³/mol. The molecule has 1 aliphatic heterocycles. The maximum Gasteiger partial charge on any atom is 0.231 e. The zero-order chi connectivity index (χ0) is 15.6. The van der Waals surface area contributed by atoms with E-state index >= 15 is 0 Å². The van der Waals surface area contributed by atoms with Crippen molar-refractivity contribution in [2.75, 3.05) is 30.5 Å². The number of carbonyl (C=O) groups excluding carboxylic acids is 1. The third-order valence-corrected chi connectivity index (χ3v) is 4.63. The summed E-state index contributed by atoms with van der Waals surface area (Å²) in [6.07, 6.45) is 2.57. The molecule has 0 radical (unpaired) electrons. The average Bonchev–Trinajstić information content (AvgIpc) is 2.68. The first-order chi connectivity index (χ1) is 9.81. The number of sulfone groups is 1. The van der Waals surface area contributed by atoms with Gasteiger partial charge in [-0.05, 0) is 30.2 Å². The molecular formula is C15H22N2O3S. The van der Waals surface area contributed by atoms with Gasteiger partial charge in [0.2, 0.25) is 5.91 Å². The Balaban J connectivity index is 2.29. The van der Waals surface area contributed by atoms with Crippen LogP contribution in [-0.4, -0.2) is 39.9 Å². The molecule has 0 saturated carbocycles. The molecule has 0 fully saturated rings. The molecule has 0 spiro atoms. The number of amides is 1. The number of fused-ring (bicyclic) bond motifs is 1. The molecule has 1 heterocycles. The van der Waals surface area contributed by atoms with Gasteiger partial charge in [-0.3, -0.25) is 4.79 Å². The van der Waals surface area contributed by atoms with Crippen molar-refractivity contribution in [2.45, 2.75) is 25.8 Å². The molecule has 5 nitrogen and oxygen atoms in total. The Bertz CT molecular complexity index is 640. The number of rotatable bonds is 6. The molecule has 116 valence electrons. The van der Waals surface area contributed by atoms with Gasteiger partial charge in [-0.1, -0.05) is 19.1 Å². The Hall–Kier alpha value is -1.40. The third kappa shape index (κ3) is 3.83. The normalized spacial score (nSPS) is 16.1. The second-order valence-corrected chi connectivity index (χ2v) is 7.80. The number of benzene rings is 1. The topological polar surface area (TPSA) is 66.5 Å². The SMILES string of the molecule is CCCNC(CS(C)(=O)=O)c1ccc2c(c1)CC(=O)N2C. The Kier molecular flexibility index (Phi) is 4.68. The molecule has 1 amide bonds. The molecular weight excluding hydrogens is 288 g/mol. The summed E-state index contributed by atoms with van der Waals surface area (Å²) in [6.45, 7) is 2.80. The summed E-state index contributed by atoms with van der Waals surface area (Å²) in [6, 6.07) is 5.53. The van der Waals surface area contributed by atoms with Gasteiger partial charge in [0.1, 0.15) is 9.84 Å². The van der Waals surface area contributed by atoms with E-state index in [-0.39, 0.29) is 17.7 Å². The van der Waals surface area contributed by atoms with Crippen LogP contribution in [0.3, 0.4) is 0 Å². The van der Waals surface area contributed by atoms with E-state index in [4.69, 9.17) is 0 Å². The maximum absolute atomic E-state index is 11.7. The van der Waals surface area contributed by atoms with Gasteiger partial charge in [0.15, 0.2) is 0 Å². The fourth-order valence-electron chi connectivity index (χ4n) is 2.60. The summed E-state index contributed by atoms with van der Waals surface area (Å²) in [4.78, 5) is 13.4. The van der Waals surface area contributed by atoms with Crippen LogP contribution in [0.1, 0.15) is 30.5 Å². The number of nitrogens with zero attached hydrogens (tertiary/aromatic N) is 1. The molecule has 1 aromatic carbocycles. The van der Waals surface area contributed by atoms with E-state index < -0.39 is 9.84 Å². The smallest absolute Gasteiger partial charge is 0.231 e. The van der Waals surface area contributed by atoms with Gasteiger partial charge < -0.3 is 10.2 Å². The van der Waals surface area contributed by atoms with Crippen LogP contribution in [0.5, 0.6) is 0 Å². The van der Waals surface area contributed by atoms with Crippen molar-refractivity contribution in [3.8, 4) is 0 Å². The summed E-state index contributed by atoms with van der Waals surface area (Å²) >= 11 is 0. The van der Waals surface area contributed by atoms with E-state index in [1.807, 2.05) is 25.1 Å². The van der Waals surface area contributed by atoms with E-state index in [0.717, 1.165) is 29.8 Å². The van der Waals surface area contributed by atoms with Crippen molar-refractivity contribution < 1.29 is 13.2 Å². The zero-order valence-electron chi connectivity index (χ0n) is 12.7. The second-order valence-electron chi connectivity index (χ2n) is 5.62. The fourth-order valence-corrected chi connectivity index (χ4v) is 3.52. The molecule has 2 rings (SSSR count). The average molecular weight is 310 g/mol. The van der Waals surface area contributed by atoms with Crippen molar-refractivity contribution in [2.24, 2.45) is 0 Å². The largest absolute Gasteiger partial charge is 0.315 e.